The summed E-state index contributed by atoms with van der Waals surface area (Å²) in [6.07, 6.45) is -0.819. The van der Waals surface area contributed by atoms with E-state index in [2.05, 4.69) is 0 Å². The number of rotatable bonds is 3. The second-order valence-corrected chi connectivity index (χ2v) is 2.77. The first-order valence-electron chi connectivity index (χ1n) is 3.99. The minimum atomic E-state index is -3.11. The fourth-order valence-electron chi connectivity index (χ4n) is 1.05. The van der Waals surface area contributed by atoms with Gasteiger partial charge in [-0.15, -0.1) is 0 Å². The lowest BCUT2D eigenvalue weighted by atomic mass is 10.1. The van der Waals surface area contributed by atoms with E-state index in [1.807, 2.05) is 0 Å². The van der Waals surface area contributed by atoms with Crippen LogP contribution in [0.3, 0.4) is 0 Å². The quantitative estimate of drug-likeness (QED) is 0.746. The Morgan fingerprint density at radius 2 is 2.21 bits per heavy atom. The fraction of sp³-hybridized carbons (Fsp3) is 0.300. The van der Waals surface area contributed by atoms with Crippen LogP contribution in [0.1, 0.15) is 12.0 Å². The Labute approximate surface area is 80.7 Å². The lowest BCUT2D eigenvalue weighted by molar-refractivity contribution is 0.000757. The number of ether oxygens (including phenoxy) is 1. The van der Waals surface area contributed by atoms with Crippen LogP contribution >= 0.6 is 0 Å². The summed E-state index contributed by atoms with van der Waals surface area (Å²) in [5, 5.41) is 8.23. The zero-order valence-electron chi connectivity index (χ0n) is 7.63. The van der Waals surface area contributed by atoms with Gasteiger partial charge < -0.3 is 4.74 Å². The van der Waals surface area contributed by atoms with E-state index in [9.17, 15) is 8.78 Å². The molecule has 0 aromatic heterocycles. The van der Waals surface area contributed by atoms with Crippen LogP contribution in [0.4, 0.5) is 8.78 Å². The second kappa shape index (κ2) is 4.05. The number of halogens is 2. The van der Waals surface area contributed by atoms with Crippen molar-refractivity contribution < 1.29 is 13.5 Å². The molecule has 0 amide bonds. The van der Waals surface area contributed by atoms with Crippen molar-refractivity contribution in [2.75, 3.05) is 7.11 Å². The van der Waals surface area contributed by atoms with Gasteiger partial charge in [-0.25, -0.2) is 8.78 Å². The summed E-state index contributed by atoms with van der Waals surface area (Å²) in [5.74, 6) is -2.75. The standard InChI is InChI=1S/C10H9F2NO/c1-14-9-4-2-3-8(7-9)10(11,12)5-6-13/h2-4,7H,5H2,1H3. The van der Waals surface area contributed by atoms with Crippen LogP contribution in [0.2, 0.25) is 0 Å². The van der Waals surface area contributed by atoms with Gasteiger partial charge in [0.2, 0.25) is 0 Å². The maximum atomic E-state index is 13.2. The van der Waals surface area contributed by atoms with Crippen LogP contribution in [0.15, 0.2) is 24.3 Å². The highest BCUT2D eigenvalue weighted by Crippen LogP contribution is 2.32. The van der Waals surface area contributed by atoms with E-state index < -0.39 is 12.3 Å². The van der Waals surface area contributed by atoms with Crippen molar-refractivity contribution in [2.24, 2.45) is 0 Å². The molecular weight excluding hydrogens is 188 g/mol. The van der Waals surface area contributed by atoms with Crippen molar-refractivity contribution >= 4 is 0 Å². The summed E-state index contributed by atoms with van der Waals surface area (Å²) in [6, 6.07) is 7.01. The van der Waals surface area contributed by atoms with Gasteiger partial charge in [0.15, 0.2) is 0 Å². The topological polar surface area (TPSA) is 33.0 Å². The molecule has 0 unspecified atom stereocenters. The van der Waals surface area contributed by atoms with Crippen LogP contribution in [-0.4, -0.2) is 7.11 Å². The third-order valence-electron chi connectivity index (χ3n) is 1.79. The minimum absolute atomic E-state index is 0.196. The number of nitrogens with zero attached hydrogens (tertiary/aromatic N) is 1. The molecule has 0 aliphatic carbocycles. The van der Waals surface area contributed by atoms with Gasteiger partial charge in [0.1, 0.15) is 12.2 Å². The van der Waals surface area contributed by atoms with Gasteiger partial charge in [-0.2, -0.15) is 5.26 Å². The van der Waals surface area contributed by atoms with E-state index in [1.54, 1.807) is 6.07 Å². The van der Waals surface area contributed by atoms with E-state index >= 15 is 0 Å². The molecule has 0 radical (unpaired) electrons. The summed E-state index contributed by atoms with van der Waals surface area (Å²) in [5.41, 5.74) is -0.196. The molecule has 0 heterocycles. The zero-order valence-corrected chi connectivity index (χ0v) is 7.63. The van der Waals surface area contributed by atoms with Crippen LogP contribution in [0, 0.1) is 11.3 Å². The van der Waals surface area contributed by atoms with E-state index in [1.165, 1.54) is 31.4 Å². The minimum Gasteiger partial charge on any atom is -0.497 e. The molecule has 0 spiro atoms. The molecule has 0 N–H and O–H groups in total. The highest BCUT2D eigenvalue weighted by Gasteiger charge is 2.31. The van der Waals surface area contributed by atoms with Gasteiger partial charge in [0.25, 0.3) is 5.92 Å². The van der Waals surface area contributed by atoms with E-state index in [-0.39, 0.29) is 5.56 Å². The smallest absolute Gasteiger partial charge is 0.286 e. The van der Waals surface area contributed by atoms with Crippen LogP contribution in [0.5, 0.6) is 5.75 Å². The Bertz CT molecular complexity index is 357. The first kappa shape index (κ1) is 10.5. The molecular formula is C10H9F2NO. The first-order chi connectivity index (χ1) is 6.60. The Balaban J connectivity index is 3.01. The number of benzene rings is 1. The van der Waals surface area contributed by atoms with E-state index in [0.29, 0.717) is 5.75 Å². The third kappa shape index (κ3) is 2.19. The van der Waals surface area contributed by atoms with E-state index in [0.717, 1.165) is 0 Å². The SMILES string of the molecule is COc1cccc(C(F)(F)CC#N)c1. The van der Waals surface area contributed by atoms with Crippen molar-refractivity contribution in [1.29, 1.82) is 5.26 Å². The Hall–Kier alpha value is -1.63. The molecule has 4 heteroatoms. The monoisotopic (exact) mass is 197 g/mol. The van der Waals surface area contributed by atoms with Crippen LogP contribution in [0.25, 0.3) is 0 Å². The lowest BCUT2D eigenvalue weighted by Crippen LogP contribution is -2.12. The summed E-state index contributed by atoms with van der Waals surface area (Å²) in [7, 11) is 1.40. The fourth-order valence-corrected chi connectivity index (χ4v) is 1.05. The normalized spacial score (nSPS) is 10.7. The molecule has 1 aromatic rings. The van der Waals surface area contributed by atoms with Gasteiger partial charge in [0, 0.05) is 5.56 Å². The molecule has 0 aliphatic rings. The van der Waals surface area contributed by atoms with Crippen molar-refractivity contribution in [3.63, 3.8) is 0 Å². The predicted molar refractivity (Wildman–Crippen MR) is 47.1 cm³/mol. The summed E-state index contributed by atoms with van der Waals surface area (Å²) in [4.78, 5) is 0. The zero-order chi connectivity index (χ0) is 10.6. The third-order valence-corrected chi connectivity index (χ3v) is 1.79. The van der Waals surface area contributed by atoms with Crippen molar-refractivity contribution in [3.8, 4) is 11.8 Å². The number of hydrogen-bond donors (Lipinski definition) is 0. The summed E-state index contributed by atoms with van der Waals surface area (Å²) in [6.45, 7) is 0. The highest BCUT2D eigenvalue weighted by atomic mass is 19.3. The molecule has 0 aliphatic heterocycles. The lowest BCUT2D eigenvalue weighted by Gasteiger charge is -2.13. The number of alkyl halides is 2. The predicted octanol–water partition coefficient (Wildman–Crippen LogP) is 2.70. The van der Waals surface area contributed by atoms with Gasteiger partial charge in [-0.05, 0) is 12.1 Å². The molecule has 0 saturated heterocycles. The van der Waals surface area contributed by atoms with Crippen molar-refractivity contribution in [3.05, 3.63) is 29.8 Å². The van der Waals surface area contributed by atoms with Crippen LogP contribution in [-0.2, 0) is 5.92 Å². The maximum Gasteiger partial charge on any atom is 0.286 e. The molecule has 1 rings (SSSR count). The molecule has 0 fully saturated rings. The second-order valence-electron chi connectivity index (χ2n) is 2.77. The Morgan fingerprint density at radius 3 is 2.79 bits per heavy atom. The van der Waals surface area contributed by atoms with Gasteiger partial charge in [-0.3, -0.25) is 0 Å². The van der Waals surface area contributed by atoms with Gasteiger partial charge >= 0.3 is 0 Å². The molecule has 14 heavy (non-hydrogen) atoms. The number of nitriles is 1. The number of methoxy groups -OCH3 is 1. The average Bonchev–Trinajstić information content (AvgIpc) is 2.18. The molecule has 0 saturated carbocycles. The summed E-state index contributed by atoms with van der Waals surface area (Å²) < 4.78 is 31.2. The van der Waals surface area contributed by atoms with Crippen LogP contribution < -0.4 is 4.74 Å². The van der Waals surface area contributed by atoms with Crippen molar-refractivity contribution in [2.45, 2.75) is 12.3 Å². The molecule has 74 valence electrons. The Morgan fingerprint density at radius 1 is 1.50 bits per heavy atom. The molecule has 1 aromatic carbocycles. The Kier molecular flexibility index (Phi) is 3.03. The van der Waals surface area contributed by atoms with E-state index in [4.69, 9.17) is 10.00 Å². The molecule has 2 nitrogen and oxygen atoms in total. The average molecular weight is 197 g/mol. The molecule has 0 bridgehead atoms. The largest absolute Gasteiger partial charge is 0.497 e. The summed E-state index contributed by atoms with van der Waals surface area (Å²) >= 11 is 0. The van der Waals surface area contributed by atoms with Crippen molar-refractivity contribution in [1.82, 2.24) is 0 Å². The van der Waals surface area contributed by atoms with Gasteiger partial charge in [-0.1, -0.05) is 12.1 Å². The molecule has 0 atom stereocenters. The first-order valence-corrected chi connectivity index (χ1v) is 3.99. The van der Waals surface area contributed by atoms with Gasteiger partial charge in [0.05, 0.1) is 13.2 Å². The number of hydrogen-bond acceptors (Lipinski definition) is 2. The highest BCUT2D eigenvalue weighted by molar-refractivity contribution is 5.31. The maximum absolute atomic E-state index is 13.2.